The van der Waals surface area contributed by atoms with Crippen molar-refractivity contribution >= 4 is 5.78 Å². The number of nitrogens with zero attached hydrogens (tertiary/aromatic N) is 2. The zero-order chi connectivity index (χ0) is 15.2. The highest BCUT2D eigenvalue weighted by Gasteiger charge is 2.13. The van der Waals surface area contributed by atoms with Crippen LogP contribution in [0.5, 0.6) is 11.5 Å². The van der Waals surface area contributed by atoms with Gasteiger partial charge in [0.2, 0.25) is 11.7 Å². The van der Waals surface area contributed by atoms with Crippen LogP contribution in [-0.4, -0.2) is 30.1 Å². The Kier molecular flexibility index (Phi) is 4.92. The fraction of sp³-hybridized carbons (Fsp3) is 0.400. The first kappa shape index (κ1) is 15.0. The first-order valence-electron chi connectivity index (χ1n) is 6.74. The lowest BCUT2D eigenvalue weighted by Gasteiger charge is -2.05. The molecule has 2 rings (SSSR count). The maximum absolute atomic E-state index is 11.6. The SMILES string of the molecule is CCCC(=O)Cc1nc(-c2cc(OC)cc(OC)c2)no1. The van der Waals surface area contributed by atoms with Crippen LogP contribution in [0.25, 0.3) is 11.4 Å². The van der Waals surface area contributed by atoms with Gasteiger partial charge >= 0.3 is 0 Å². The van der Waals surface area contributed by atoms with Crippen molar-refractivity contribution in [2.45, 2.75) is 26.2 Å². The average Bonchev–Trinajstić information content (AvgIpc) is 2.95. The van der Waals surface area contributed by atoms with Crippen molar-refractivity contribution in [1.82, 2.24) is 10.1 Å². The smallest absolute Gasteiger partial charge is 0.234 e. The van der Waals surface area contributed by atoms with E-state index in [9.17, 15) is 4.79 Å². The highest BCUT2D eigenvalue weighted by Crippen LogP contribution is 2.28. The Balaban J connectivity index is 2.22. The summed E-state index contributed by atoms with van der Waals surface area (Å²) >= 11 is 0. The van der Waals surface area contributed by atoms with Gasteiger partial charge in [0.05, 0.1) is 20.6 Å². The number of hydrogen-bond donors (Lipinski definition) is 0. The molecule has 21 heavy (non-hydrogen) atoms. The largest absolute Gasteiger partial charge is 0.497 e. The maximum atomic E-state index is 11.6. The molecule has 0 aliphatic rings. The Morgan fingerprint density at radius 2 is 1.86 bits per heavy atom. The van der Waals surface area contributed by atoms with Crippen molar-refractivity contribution < 1.29 is 18.8 Å². The summed E-state index contributed by atoms with van der Waals surface area (Å²) in [5.41, 5.74) is 0.712. The van der Waals surface area contributed by atoms with E-state index in [2.05, 4.69) is 10.1 Å². The van der Waals surface area contributed by atoms with Gasteiger partial charge in [-0.25, -0.2) is 0 Å². The Labute approximate surface area is 123 Å². The maximum Gasteiger partial charge on any atom is 0.234 e. The summed E-state index contributed by atoms with van der Waals surface area (Å²) in [7, 11) is 3.15. The van der Waals surface area contributed by atoms with Crippen molar-refractivity contribution in [3.63, 3.8) is 0 Å². The summed E-state index contributed by atoms with van der Waals surface area (Å²) in [6, 6.07) is 5.32. The second kappa shape index (κ2) is 6.88. The van der Waals surface area contributed by atoms with E-state index in [1.807, 2.05) is 6.92 Å². The van der Waals surface area contributed by atoms with Gasteiger partial charge < -0.3 is 14.0 Å². The topological polar surface area (TPSA) is 74.5 Å². The minimum Gasteiger partial charge on any atom is -0.497 e. The summed E-state index contributed by atoms with van der Waals surface area (Å²) in [4.78, 5) is 15.8. The molecule has 0 unspecified atom stereocenters. The predicted octanol–water partition coefficient (Wildman–Crippen LogP) is 2.67. The molecule has 112 valence electrons. The van der Waals surface area contributed by atoms with E-state index in [4.69, 9.17) is 14.0 Å². The standard InChI is InChI=1S/C15H18N2O4/c1-4-5-11(18)8-14-16-15(17-21-14)10-6-12(19-2)9-13(7-10)20-3/h6-7,9H,4-5,8H2,1-3H3. The van der Waals surface area contributed by atoms with Crippen LogP contribution in [0.3, 0.4) is 0 Å². The summed E-state index contributed by atoms with van der Waals surface area (Å²) < 4.78 is 15.5. The van der Waals surface area contributed by atoms with Gasteiger partial charge in [-0.05, 0) is 18.6 Å². The molecule has 0 spiro atoms. The molecule has 0 bridgehead atoms. The van der Waals surface area contributed by atoms with Gasteiger partial charge in [-0.3, -0.25) is 4.79 Å². The number of Topliss-reactive ketones (excluding diaryl/α,β-unsaturated/α-hetero) is 1. The number of ether oxygens (including phenoxy) is 2. The lowest BCUT2D eigenvalue weighted by atomic mass is 10.1. The number of aromatic nitrogens is 2. The van der Waals surface area contributed by atoms with Crippen LogP contribution in [0.1, 0.15) is 25.7 Å². The third-order valence-corrected chi connectivity index (χ3v) is 2.95. The minimum atomic E-state index is 0.0934. The quantitative estimate of drug-likeness (QED) is 0.780. The highest BCUT2D eigenvalue weighted by atomic mass is 16.5. The lowest BCUT2D eigenvalue weighted by molar-refractivity contribution is -0.118. The van der Waals surface area contributed by atoms with Crippen molar-refractivity contribution in [3.8, 4) is 22.9 Å². The summed E-state index contributed by atoms with van der Waals surface area (Å²) in [5.74, 6) is 2.10. The monoisotopic (exact) mass is 290 g/mol. The third-order valence-electron chi connectivity index (χ3n) is 2.95. The van der Waals surface area contributed by atoms with Gasteiger partial charge in [0.25, 0.3) is 0 Å². The number of hydrogen-bond acceptors (Lipinski definition) is 6. The molecule has 6 nitrogen and oxygen atoms in total. The van der Waals surface area contributed by atoms with Crippen molar-refractivity contribution in [2.75, 3.05) is 14.2 Å². The molecule has 0 saturated heterocycles. The number of benzene rings is 1. The number of carbonyl (C=O) groups is 1. The second-order valence-electron chi connectivity index (χ2n) is 4.58. The van der Waals surface area contributed by atoms with E-state index in [0.29, 0.717) is 35.2 Å². The van der Waals surface area contributed by atoms with E-state index >= 15 is 0 Å². The predicted molar refractivity (Wildman–Crippen MR) is 76.5 cm³/mol. The van der Waals surface area contributed by atoms with Crippen LogP contribution in [0.2, 0.25) is 0 Å². The van der Waals surface area contributed by atoms with Crippen LogP contribution in [0.15, 0.2) is 22.7 Å². The molecule has 2 aromatic rings. The zero-order valence-electron chi connectivity index (χ0n) is 12.4. The molecule has 0 amide bonds. The highest BCUT2D eigenvalue weighted by molar-refractivity contribution is 5.79. The van der Waals surface area contributed by atoms with E-state index in [-0.39, 0.29) is 12.2 Å². The Bertz CT molecular complexity index is 600. The molecule has 0 atom stereocenters. The molecule has 6 heteroatoms. The fourth-order valence-corrected chi connectivity index (χ4v) is 1.92. The zero-order valence-corrected chi connectivity index (χ0v) is 12.4. The van der Waals surface area contributed by atoms with E-state index in [1.54, 1.807) is 32.4 Å². The van der Waals surface area contributed by atoms with Gasteiger partial charge in [-0.1, -0.05) is 12.1 Å². The van der Waals surface area contributed by atoms with Crippen LogP contribution < -0.4 is 9.47 Å². The van der Waals surface area contributed by atoms with E-state index in [0.717, 1.165) is 6.42 Å². The molecule has 0 saturated carbocycles. The van der Waals surface area contributed by atoms with Crippen LogP contribution >= 0.6 is 0 Å². The fourth-order valence-electron chi connectivity index (χ4n) is 1.92. The van der Waals surface area contributed by atoms with Crippen LogP contribution in [-0.2, 0) is 11.2 Å². The van der Waals surface area contributed by atoms with Gasteiger partial charge in [-0.15, -0.1) is 0 Å². The first-order valence-corrected chi connectivity index (χ1v) is 6.74. The van der Waals surface area contributed by atoms with Crippen molar-refractivity contribution in [1.29, 1.82) is 0 Å². The summed E-state index contributed by atoms with van der Waals surface area (Å²) in [5, 5.41) is 3.90. The molecule has 0 aliphatic carbocycles. The van der Waals surface area contributed by atoms with E-state index < -0.39 is 0 Å². The first-order chi connectivity index (χ1) is 10.2. The van der Waals surface area contributed by atoms with Crippen LogP contribution in [0.4, 0.5) is 0 Å². The molecular weight excluding hydrogens is 272 g/mol. The number of carbonyl (C=O) groups excluding carboxylic acids is 1. The molecule has 1 aromatic carbocycles. The summed E-state index contributed by atoms with van der Waals surface area (Å²) in [6.45, 7) is 1.96. The molecule has 1 aromatic heterocycles. The van der Waals surface area contributed by atoms with Crippen LogP contribution in [0, 0.1) is 0 Å². The van der Waals surface area contributed by atoms with Crippen molar-refractivity contribution in [2.24, 2.45) is 0 Å². The Hall–Kier alpha value is -2.37. The minimum absolute atomic E-state index is 0.0934. The van der Waals surface area contributed by atoms with Crippen molar-refractivity contribution in [3.05, 3.63) is 24.1 Å². The Morgan fingerprint density at radius 1 is 1.19 bits per heavy atom. The normalized spacial score (nSPS) is 10.4. The third kappa shape index (κ3) is 3.81. The van der Waals surface area contributed by atoms with Gasteiger partial charge in [0.1, 0.15) is 17.3 Å². The van der Waals surface area contributed by atoms with Gasteiger partial charge in [0.15, 0.2) is 0 Å². The summed E-state index contributed by atoms with van der Waals surface area (Å²) in [6.07, 6.45) is 1.50. The van der Waals surface area contributed by atoms with E-state index in [1.165, 1.54) is 0 Å². The second-order valence-corrected chi connectivity index (χ2v) is 4.58. The molecule has 0 N–H and O–H groups in total. The molecule has 1 heterocycles. The average molecular weight is 290 g/mol. The molecule has 0 aliphatic heterocycles. The number of methoxy groups -OCH3 is 2. The number of rotatable bonds is 7. The molecule has 0 fully saturated rings. The molecular formula is C15H18N2O4. The van der Waals surface area contributed by atoms with Gasteiger partial charge in [-0.2, -0.15) is 4.98 Å². The lowest BCUT2D eigenvalue weighted by Crippen LogP contribution is -2.01. The van der Waals surface area contributed by atoms with Gasteiger partial charge in [0, 0.05) is 18.1 Å². The Morgan fingerprint density at radius 3 is 2.43 bits per heavy atom. The number of ketones is 1. The molecule has 0 radical (unpaired) electrons.